The first-order valence-electron chi connectivity index (χ1n) is 6.39. The molecule has 0 aliphatic carbocycles. The Morgan fingerprint density at radius 3 is 3.11 bits per heavy atom. The average molecular weight is 274 g/mol. The van der Waals surface area contributed by atoms with Crippen molar-refractivity contribution in [3.05, 3.63) is 34.9 Å². The summed E-state index contributed by atoms with van der Waals surface area (Å²) in [6.07, 6.45) is 1.06. The van der Waals surface area contributed by atoms with E-state index in [1.54, 1.807) is 0 Å². The number of amides is 1. The highest BCUT2D eigenvalue weighted by Gasteiger charge is 2.19. The van der Waals surface area contributed by atoms with E-state index in [1.165, 1.54) is 0 Å². The summed E-state index contributed by atoms with van der Waals surface area (Å²) in [6.45, 7) is 2.26. The fourth-order valence-electron chi connectivity index (χ4n) is 2.07. The second kappa shape index (κ2) is 6.65. The van der Waals surface area contributed by atoms with Crippen molar-refractivity contribution in [3.8, 4) is 11.8 Å². The fourth-order valence-corrected chi connectivity index (χ4v) is 3.23. The summed E-state index contributed by atoms with van der Waals surface area (Å²) >= 11 is 1.89. The van der Waals surface area contributed by atoms with Gasteiger partial charge in [0, 0.05) is 22.9 Å². The van der Waals surface area contributed by atoms with Gasteiger partial charge in [-0.25, -0.2) is 0 Å². The van der Waals surface area contributed by atoms with Crippen molar-refractivity contribution in [2.24, 2.45) is 5.73 Å². The molecule has 1 aliphatic rings. The van der Waals surface area contributed by atoms with E-state index in [2.05, 4.69) is 17.2 Å². The third-order valence-electron chi connectivity index (χ3n) is 3.17. The monoisotopic (exact) mass is 274 g/mol. The van der Waals surface area contributed by atoms with E-state index >= 15 is 0 Å². The number of nitrogens with one attached hydrogen (secondary N) is 1. The summed E-state index contributed by atoms with van der Waals surface area (Å²) < 4.78 is 0. The topological polar surface area (TPSA) is 55.1 Å². The number of benzene rings is 1. The van der Waals surface area contributed by atoms with Gasteiger partial charge in [0.05, 0.1) is 6.54 Å². The Morgan fingerprint density at radius 1 is 1.58 bits per heavy atom. The Balaban J connectivity index is 2.16. The average Bonchev–Trinajstić information content (AvgIpc) is 2.90. The van der Waals surface area contributed by atoms with Crippen LogP contribution >= 0.6 is 11.8 Å². The maximum Gasteiger partial charge on any atom is 0.251 e. The second-order valence-electron chi connectivity index (χ2n) is 4.52. The van der Waals surface area contributed by atoms with Gasteiger partial charge >= 0.3 is 0 Å². The molecule has 2 rings (SSSR count). The lowest BCUT2D eigenvalue weighted by Crippen LogP contribution is -2.35. The van der Waals surface area contributed by atoms with E-state index in [0.717, 1.165) is 29.1 Å². The van der Waals surface area contributed by atoms with Gasteiger partial charge in [-0.15, -0.1) is 0 Å². The number of carbonyl (C=O) groups excluding carboxylic acids is 1. The minimum Gasteiger partial charge on any atom is -0.348 e. The summed E-state index contributed by atoms with van der Waals surface area (Å²) in [5.74, 6) is 7.97. The highest BCUT2D eigenvalue weighted by atomic mass is 32.2. The molecule has 0 spiro atoms. The van der Waals surface area contributed by atoms with Crippen LogP contribution in [0.1, 0.15) is 27.9 Å². The van der Waals surface area contributed by atoms with Gasteiger partial charge < -0.3 is 11.1 Å². The lowest BCUT2D eigenvalue weighted by Gasteiger charge is -2.13. The lowest BCUT2D eigenvalue weighted by molar-refractivity contribution is 0.0940. The molecule has 1 atom stereocenters. The molecule has 3 nitrogen and oxygen atoms in total. The number of carbonyl (C=O) groups is 1. The van der Waals surface area contributed by atoms with Crippen LogP contribution in [0.2, 0.25) is 0 Å². The van der Waals surface area contributed by atoms with Crippen LogP contribution in [0.3, 0.4) is 0 Å². The van der Waals surface area contributed by atoms with Crippen LogP contribution in [0.5, 0.6) is 0 Å². The zero-order chi connectivity index (χ0) is 13.7. The number of hydrogen-bond donors (Lipinski definition) is 2. The first-order valence-corrected chi connectivity index (χ1v) is 7.55. The molecule has 19 heavy (non-hydrogen) atoms. The van der Waals surface area contributed by atoms with Crippen LogP contribution in [0.4, 0.5) is 0 Å². The number of hydrogen-bond acceptors (Lipinski definition) is 3. The standard InChI is InChI=1S/C15H18N2OS/c1-11-12(5-3-8-16)4-2-6-14(11)15(18)17-13-7-9-19-10-13/h2,4,6,13H,7-10,16H2,1H3,(H,17,18). The molecule has 4 heteroatoms. The third-order valence-corrected chi connectivity index (χ3v) is 4.33. The number of nitrogens with two attached hydrogens (primary N) is 1. The van der Waals surface area contributed by atoms with Crippen LogP contribution in [0.25, 0.3) is 0 Å². The molecular formula is C15H18N2OS. The number of rotatable bonds is 2. The molecule has 0 aromatic heterocycles. The quantitative estimate of drug-likeness (QED) is 0.804. The van der Waals surface area contributed by atoms with Gasteiger partial charge in [0.15, 0.2) is 0 Å². The molecule has 1 fully saturated rings. The fraction of sp³-hybridized carbons (Fsp3) is 0.400. The smallest absolute Gasteiger partial charge is 0.251 e. The van der Waals surface area contributed by atoms with Gasteiger partial charge in [-0.1, -0.05) is 17.9 Å². The van der Waals surface area contributed by atoms with Gasteiger partial charge in [0.25, 0.3) is 5.91 Å². The summed E-state index contributed by atoms with van der Waals surface area (Å²) in [7, 11) is 0. The van der Waals surface area contributed by atoms with Crippen molar-refractivity contribution in [1.82, 2.24) is 5.32 Å². The SMILES string of the molecule is Cc1c(C#CCN)cccc1C(=O)NC1CCSC1. The number of thioether (sulfide) groups is 1. The van der Waals surface area contributed by atoms with Crippen molar-refractivity contribution < 1.29 is 4.79 Å². The first-order chi connectivity index (χ1) is 9.22. The van der Waals surface area contributed by atoms with Gasteiger partial charge in [0.1, 0.15) is 0 Å². The molecule has 1 amide bonds. The minimum atomic E-state index is 0.00129. The Bertz CT molecular complexity index is 525. The summed E-state index contributed by atoms with van der Waals surface area (Å²) in [5, 5.41) is 3.09. The Morgan fingerprint density at radius 2 is 2.42 bits per heavy atom. The molecule has 0 bridgehead atoms. The normalized spacial score (nSPS) is 17.7. The zero-order valence-electron chi connectivity index (χ0n) is 11.0. The maximum atomic E-state index is 12.3. The van der Waals surface area contributed by atoms with Crippen molar-refractivity contribution >= 4 is 17.7 Å². The third kappa shape index (κ3) is 3.52. The highest BCUT2D eigenvalue weighted by molar-refractivity contribution is 7.99. The lowest BCUT2D eigenvalue weighted by atomic mass is 10.0. The Labute approximate surface area is 118 Å². The van der Waals surface area contributed by atoms with Crippen LogP contribution in [0, 0.1) is 18.8 Å². The van der Waals surface area contributed by atoms with Gasteiger partial charge in [0.2, 0.25) is 0 Å². The summed E-state index contributed by atoms with van der Waals surface area (Å²) in [6, 6.07) is 5.93. The van der Waals surface area contributed by atoms with E-state index in [1.807, 2.05) is 36.9 Å². The van der Waals surface area contributed by atoms with Gasteiger partial charge in [-0.2, -0.15) is 11.8 Å². The van der Waals surface area contributed by atoms with E-state index in [0.29, 0.717) is 18.2 Å². The van der Waals surface area contributed by atoms with E-state index in [4.69, 9.17) is 5.73 Å². The molecule has 1 aromatic carbocycles. The molecule has 3 N–H and O–H groups in total. The van der Waals surface area contributed by atoms with Crippen LogP contribution in [0.15, 0.2) is 18.2 Å². The van der Waals surface area contributed by atoms with Crippen LogP contribution in [-0.4, -0.2) is 30.0 Å². The van der Waals surface area contributed by atoms with Gasteiger partial charge in [-0.05, 0) is 36.8 Å². The maximum absolute atomic E-state index is 12.3. The van der Waals surface area contributed by atoms with Crippen LogP contribution < -0.4 is 11.1 Å². The van der Waals surface area contributed by atoms with Crippen molar-refractivity contribution in [2.75, 3.05) is 18.1 Å². The predicted octanol–water partition coefficient (Wildman–Crippen LogP) is 1.54. The Kier molecular flexibility index (Phi) is 4.89. The molecule has 100 valence electrons. The Hall–Kier alpha value is -1.44. The molecule has 0 saturated carbocycles. The van der Waals surface area contributed by atoms with E-state index < -0.39 is 0 Å². The molecule has 1 aliphatic heterocycles. The molecule has 1 saturated heterocycles. The first kappa shape index (κ1) is 14.0. The van der Waals surface area contributed by atoms with Crippen LogP contribution in [-0.2, 0) is 0 Å². The highest BCUT2D eigenvalue weighted by Crippen LogP contribution is 2.18. The van der Waals surface area contributed by atoms with Crippen molar-refractivity contribution in [3.63, 3.8) is 0 Å². The molecule has 1 unspecified atom stereocenters. The largest absolute Gasteiger partial charge is 0.348 e. The molecule has 1 heterocycles. The van der Waals surface area contributed by atoms with E-state index in [-0.39, 0.29) is 5.91 Å². The second-order valence-corrected chi connectivity index (χ2v) is 5.67. The molecule has 1 aromatic rings. The van der Waals surface area contributed by atoms with Crippen molar-refractivity contribution in [2.45, 2.75) is 19.4 Å². The zero-order valence-corrected chi connectivity index (χ0v) is 11.8. The predicted molar refractivity (Wildman–Crippen MR) is 80.3 cm³/mol. The summed E-state index contributed by atoms with van der Waals surface area (Å²) in [5.41, 5.74) is 7.88. The molecular weight excluding hydrogens is 256 g/mol. The summed E-state index contributed by atoms with van der Waals surface area (Å²) in [4.78, 5) is 12.3. The van der Waals surface area contributed by atoms with Gasteiger partial charge in [-0.3, -0.25) is 4.79 Å². The molecule has 0 radical (unpaired) electrons. The van der Waals surface area contributed by atoms with Crippen molar-refractivity contribution in [1.29, 1.82) is 0 Å². The van der Waals surface area contributed by atoms with E-state index in [9.17, 15) is 4.79 Å². The minimum absolute atomic E-state index is 0.00129.